The van der Waals surface area contributed by atoms with Gasteiger partial charge in [-0.25, -0.2) is 4.98 Å². The van der Waals surface area contributed by atoms with E-state index >= 15 is 0 Å². The highest BCUT2D eigenvalue weighted by molar-refractivity contribution is 5.93. The fourth-order valence-corrected chi connectivity index (χ4v) is 2.92. The van der Waals surface area contributed by atoms with Crippen LogP contribution in [0, 0.1) is 0 Å². The lowest BCUT2D eigenvalue weighted by Gasteiger charge is -2.19. The maximum Gasteiger partial charge on any atom is 0.471 e. The molecule has 0 spiro atoms. The number of alkyl halides is 3. The Morgan fingerprint density at radius 1 is 1.25 bits per heavy atom. The molecule has 1 aromatic heterocycles. The van der Waals surface area contributed by atoms with E-state index in [1.807, 2.05) is 18.2 Å². The fraction of sp³-hybridized carbons (Fsp3) is 0.211. The Bertz CT molecular complexity index is 1000. The van der Waals surface area contributed by atoms with Gasteiger partial charge in [0.2, 0.25) is 0 Å². The Hall–Kier alpha value is -3.36. The average Bonchev–Trinajstić information content (AvgIpc) is 3.21. The number of hydrogen-bond donors (Lipinski definition) is 1. The Morgan fingerprint density at radius 3 is 2.68 bits per heavy atom. The van der Waals surface area contributed by atoms with E-state index in [9.17, 15) is 22.8 Å². The van der Waals surface area contributed by atoms with Crippen LogP contribution >= 0.6 is 0 Å². The first-order chi connectivity index (χ1) is 13.3. The maximum absolute atomic E-state index is 12.5. The minimum absolute atomic E-state index is 0.453. The van der Waals surface area contributed by atoms with E-state index in [2.05, 4.69) is 4.98 Å². The number of methoxy groups -OCH3 is 1. The summed E-state index contributed by atoms with van der Waals surface area (Å²) in [7, 11) is 1.14. The molecule has 0 aliphatic rings. The highest BCUT2D eigenvalue weighted by atomic mass is 19.4. The zero-order chi connectivity index (χ0) is 20.3. The van der Waals surface area contributed by atoms with Gasteiger partial charge in [0, 0.05) is 24.6 Å². The predicted molar refractivity (Wildman–Crippen MR) is 94.9 cm³/mol. The lowest BCUT2D eigenvalue weighted by Crippen LogP contribution is -2.40. The van der Waals surface area contributed by atoms with Gasteiger partial charge in [-0.15, -0.1) is 0 Å². The van der Waals surface area contributed by atoms with Crippen molar-refractivity contribution in [3.63, 3.8) is 0 Å². The molecule has 2 aromatic carbocycles. The second-order valence-electron chi connectivity index (χ2n) is 6.01. The molecule has 3 aromatic rings. The zero-order valence-corrected chi connectivity index (χ0v) is 14.7. The van der Waals surface area contributed by atoms with Crippen LogP contribution in [0.25, 0.3) is 16.5 Å². The number of nitrogens with zero attached hydrogens (tertiary/aromatic N) is 2. The molecule has 0 aliphatic heterocycles. The number of fused-ring (bicyclic) bond motifs is 1. The van der Waals surface area contributed by atoms with E-state index in [1.54, 1.807) is 46.8 Å². The number of rotatable bonds is 5. The molecule has 3 rings (SSSR count). The van der Waals surface area contributed by atoms with E-state index in [1.165, 1.54) is 0 Å². The van der Waals surface area contributed by atoms with Gasteiger partial charge in [0.1, 0.15) is 0 Å². The lowest BCUT2D eigenvalue weighted by molar-refractivity contribution is -0.173. The maximum atomic E-state index is 12.5. The van der Waals surface area contributed by atoms with Crippen molar-refractivity contribution in [1.82, 2.24) is 14.9 Å². The van der Waals surface area contributed by atoms with Crippen LogP contribution in [0.4, 0.5) is 13.2 Å². The minimum atomic E-state index is -5.03. The van der Waals surface area contributed by atoms with Crippen LogP contribution in [0.15, 0.2) is 55.1 Å². The van der Waals surface area contributed by atoms with E-state index in [-0.39, 0.29) is 0 Å². The summed E-state index contributed by atoms with van der Waals surface area (Å²) < 4.78 is 44.0. The number of esters is 1. The molecule has 1 atom stereocenters. The van der Waals surface area contributed by atoms with E-state index in [0.29, 0.717) is 10.9 Å². The summed E-state index contributed by atoms with van der Waals surface area (Å²) in [6.45, 7) is -0.542. The van der Waals surface area contributed by atoms with E-state index in [0.717, 1.165) is 18.2 Å². The molecule has 146 valence electrons. The van der Waals surface area contributed by atoms with Crippen LogP contribution in [0.5, 0.6) is 0 Å². The number of carbonyl (C=O) groups excluding carboxylic acids is 2. The summed E-state index contributed by atoms with van der Waals surface area (Å²) in [5, 5.41) is 3.21. The Morgan fingerprint density at radius 2 is 2.04 bits per heavy atom. The summed E-state index contributed by atoms with van der Waals surface area (Å²) in [4.78, 5) is 27.4. The second kappa shape index (κ2) is 7.71. The number of carbonyl (C=O) groups is 2. The van der Waals surface area contributed by atoms with Gasteiger partial charge in [0.05, 0.1) is 19.4 Å². The number of imidazole rings is 1. The largest absolute Gasteiger partial charge is 0.471 e. The molecule has 0 saturated carbocycles. The summed E-state index contributed by atoms with van der Waals surface area (Å²) in [5.74, 6) is -3.96. The summed E-state index contributed by atoms with van der Waals surface area (Å²) in [5.41, 5.74) is 1.22. The van der Waals surface area contributed by atoms with Crippen molar-refractivity contribution in [2.75, 3.05) is 13.7 Å². The van der Waals surface area contributed by atoms with Gasteiger partial charge in [-0.05, 0) is 28.5 Å². The molecule has 28 heavy (non-hydrogen) atoms. The molecular weight excluding hydrogens is 375 g/mol. The number of hydrogen-bond acceptors (Lipinski definition) is 4. The zero-order valence-electron chi connectivity index (χ0n) is 14.7. The lowest BCUT2D eigenvalue weighted by atomic mass is 9.93. The average molecular weight is 391 g/mol. The predicted octanol–water partition coefficient (Wildman–Crippen LogP) is 2.96. The van der Waals surface area contributed by atoms with Gasteiger partial charge in [0.25, 0.3) is 0 Å². The third-order valence-corrected chi connectivity index (χ3v) is 4.29. The van der Waals surface area contributed by atoms with Crippen LogP contribution in [-0.2, 0) is 14.3 Å². The van der Waals surface area contributed by atoms with Crippen molar-refractivity contribution in [3.8, 4) is 5.69 Å². The van der Waals surface area contributed by atoms with Crippen LogP contribution in [0.2, 0.25) is 0 Å². The van der Waals surface area contributed by atoms with E-state index in [4.69, 9.17) is 4.74 Å². The normalized spacial score (nSPS) is 12.6. The van der Waals surface area contributed by atoms with Crippen LogP contribution in [0.3, 0.4) is 0 Å². The van der Waals surface area contributed by atoms with Crippen LogP contribution < -0.4 is 5.32 Å². The first-order valence-electron chi connectivity index (χ1n) is 8.25. The molecular formula is C19H16F3N3O3. The molecule has 9 heteroatoms. The Balaban J connectivity index is 2.02. The third-order valence-electron chi connectivity index (χ3n) is 4.29. The number of amides is 1. The highest BCUT2D eigenvalue weighted by Crippen LogP contribution is 2.29. The number of nitrogens with one attached hydrogen (secondary N) is 1. The molecule has 1 heterocycles. The highest BCUT2D eigenvalue weighted by Gasteiger charge is 2.39. The van der Waals surface area contributed by atoms with Crippen LogP contribution in [-0.4, -0.2) is 41.3 Å². The monoisotopic (exact) mass is 391 g/mol. The van der Waals surface area contributed by atoms with Crippen molar-refractivity contribution >= 4 is 22.6 Å². The van der Waals surface area contributed by atoms with Crippen molar-refractivity contribution in [1.29, 1.82) is 0 Å². The first-order valence-corrected chi connectivity index (χ1v) is 8.25. The molecule has 0 bridgehead atoms. The number of halogens is 3. The topological polar surface area (TPSA) is 73.2 Å². The van der Waals surface area contributed by atoms with Gasteiger partial charge in [-0.3, -0.25) is 9.59 Å². The van der Waals surface area contributed by atoms with Gasteiger partial charge >= 0.3 is 18.1 Å². The van der Waals surface area contributed by atoms with E-state index < -0.39 is 30.5 Å². The summed E-state index contributed by atoms with van der Waals surface area (Å²) in [6, 6.07) is 10.6. The SMILES string of the molecule is COC(=O)C(CNC(=O)C(F)(F)F)c1cccc2ccc(-n3ccnc3)cc12. The Labute approximate surface area is 157 Å². The number of ether oxygens (including phenoxy) is 1. The molecule has 0 saturated heterocycles. The molecule has 6 nitrogen and oxygen atoms in total. The summed E-state index contributed by atoms with van der Waals surface area (Å²) in [6.07, 6.45) is -0.0791. The smallest absolute Gasteiger partial charge is 0.468 e. The quantitative estimate of drug-likeness (QED) is 0.679. The van der Waals surface area contributed by atoms with Crippen molar-refractivity contribution in [2.24, 2.45) is 0 Å². The third kappa shape index (κ3) is 3.98. The molecule has 1 unspecified atom stereocenters. The number of benzene rings is 2. The van der Waals surface area contributed by atoms with Gasteiger partial charge in [0.15, 0.2) is 0 Å². The molecule has 0 aliphatic carbocycles. The molecule has 0 radical (unpaired) electrons. The van der Waals surface area contributed by atoms with Crippen molar-refractivity contribution in [3.05, 3.63) is 60.7 Å². The van der Waals surface area contributed by atoms with Gasteiger partial charge in [-0.2, -0.15) is 13.2 Å². The fourth-order valence-electron chi connectivity index (χ4n) is 2.92. The van der Waals surface area contributed by atoms with Gasteiger partial charge in [-0.1, -0.05) is 24.3 Å². The van der Waals surface area contributed by atoms with Gasteiger partial charge < -0.3 is 14.6 Å². The first kappa shape index (κ1) is 19.4. The molecule has 1 N–H and O–H groups in total. The minimum Gasteiger partial charge on any atom is -0.468 e. The summed E-state index contributed by atoms with van der Waals surface area (Å²) >= 11 is 0. The molecule has 1 amide bonds. The number of aromatic nitrogens is 2. The second-order valence-corrected chi connectivity index (χ2v) is 6.01. The Kier molecular flexibility index (Phi) is 5.34. The van der Waals surface area contributed by atoms with Crippen LogP contribution in [0.1, 0.15) is 11.5 Å². The molecule has 0 fully saturated rings. The standard InChI is InChI=1S/C19H16F3N3O3/c1-28-17(26)16(10-24-18(27)19(20,21)22)14-4-2-3-12-5-6-13(9-15(12)14)25-8-7-23-11-25/h2-9,11,16H,10H2,1H3,(H,24,27). The van der Waals surface area contributed by atoms with Crippen molar-refractivity contribution < 1.29 is 27.5 Å². The van der Waals surface area contributed by atoms with Crippen molar-refractivity contribution in [2.45, 2.75) is 12.1 Å².